The number of methoxy groups -OCH3 is 1. The van der Waals surface area contributed by atoms with Gasteiger partial charge in [0, 0.05) is 5.69 Å². The van der Waals surface area contributed by atoms with Crippen LogP contribution >= 0.6 is 0 Å². The smallest absolute Gasteiger partial charge is 0.280 e. The van der Waals surface area contributed by atoms with Gasteiger partial charge in [-0.25, -0.2) is 0 Å². The molecule has 3 aromatic rings. The monoisotopic (exact) mass is 377 g/mol. The molecule has 0 aliphatic heterocycles. The van der Waals surface area contributed by atoms with E-state index in [0.29, 0.717) is 5.69 Å². The zero-order valence-electron chi connectivity index (χ0n) is 16.7. The van der Waals surface area contributed by atoms with Gasteiger partial charge in [-0.1, -0.05) is 35.4 Å². The highest BCUT2D eigenvalue weighted by Crippen LogP contribution is 2.24. The van der Waals surface area contributed by atoms with Crippen LogP contribution in [0.25, 0.3) is 5.69 Å². The summed E-state index contributed by atoms with van der Waals surface area (Å²) in [5, 5.41) is 7.19. The van der Waals surface area contributed by atoms with Crippen LogP contribution in [-0.2, 0) is 0 Å². The van der Waals surface area contributed by atoms with Crippen LogP contribution in [0, 0.1) is 27.7 Å². The average Bonchev–Trinajstić information content (AvgIpc) is 2.65. The first kappa shape index (κ1) is 19.4. The zero-order chi connectivity index (χ0) is 20.4. The number of benzene rings is 2. The Kier molecular flexibility index (Phi) is 5.31. The molecule has 0 aliphatic carbocycles. The highest BCUT2D eigenvalue weighted by molar-refractivity contribution is 6.05. The van der Waals surface area contributed by atoms with E-state index in [9.17, 15) is 9.59 Å². The molecule has 0 fully saturated rings. The van der Waals surface area contributed by atoms with Gasteiger partial charge in [0.15, 0.2) is 11.4 Å². The Hall–Kier alpha value is -3.41. The molecule has 0 atom stereocenters. The average molecular weight is 377 g/mol. The lowest BCUT2D eigenvalue weighted by Gasteiger charge is -2.15. The van der Waals surface area contributed by atoms with Crippen molar-refractivity contribution >= 4 is 11.6 Å². The molecule has 28 heavy (non-hydrogen) atoms. The number of ether oxygens (including phenoxy) is 1. The number of carbonyl (C=O) groups is 1. The zero-order valence-corrected chi connectivity index (χ0v) is 16.7. The van der Waals surface area contributed by atoms with Gasteiger partial charge in [-0.2, -0.15) is 9.78 Å². The normalized spacial score (nSPS) is 10.6. The number of amides is 1. The van der Waals surface area contributed by atoms with E-state index in [4.69, 9.17) is 4.74 Å². The van der Waals surface area contributed by atoms with Crippen molar-refractivity contribution in [2.45, 2.75) is 27.7 Å². The topological polar surface area (TPSA) is 73.2 Å². The van der Waals surface area contributed by atoms with Crippen LogP contribution in [0.5, 0.6) is 5.75 Å². The molecule has 0 radical (unpaired) electrons. The summed E-state index contributed by atoms with van der Waals surface area (Å²) in [4.78, 5) is 25.4. The minimum atomic E-state index is -0.437. The van der Waals surface area contributed by atoms with Crippen LogP contribution in [-0.4, -0.2) is 22.8 Å². The second-order valence-electron chi connectivity index (χ2n) is 6.87. The Labute approximate surface area is 163 Å². The highest BCUT2D eigenvalue weighted by Gasteiger charge is 2.19. The minimum Gasteiger partial charge on any atom is -0.494 e. The maximum absolute atomic E-state index is 13.0. The second kappa shape index (κ2) is 7.68. The van der Waals surface area contributed by atoms with E-state index in [1.165, 1.54) is 17.9 Å². The summed E-state index contributed by atoms with van der Waals surface area (Å²) in [5.41, 5.74) is 5.07. The van der Waals surface area contributed by atoms with Gasteiger partial charge < -0.3 is 10.1 Å². The van der Waals surface area contributed by atoms with E-state index in [1.54, 1.807) is 12.1 Å². The fourth-order valence-corrected chi connectivity index (χ4v) is 3.17. The number of hydrogen-bond donors (Lipinski definition) is 1. The van der Waals surface area contributed by atoms with Crippen molar-refractivity contribution in [3.8, 4) is 11.4 Å². The molecule has 1 heterocycles. The molecule has 0 unspecified atom stereocenters. The molecular weight excluding hydrogens is 354 g/mol. The van der Waals surface area contributed by atoms with E-state index in [0.717, 1.165) is 27.9 Å². The fraction of sp³-hybridized carbons (Fsp3) is 0.227. The van der Waals surface area contributed by atoms with E-state index < -0.39 is 5.91 Å². The van der Waals surface area contributed by atoms with Crippen molar-refractivity contribution in [3.63, 3.8) is 0 Å². The fourth-order valence-electron chi connectivity index (χ4n) is 3.17. The summed E-state index contributed by atoms with van der Waals surface area (Å²) >= 11 is 0. The van der Waals surface area contributed by atoms with Crippen LogP contribution in [0.15, 0.2) is 47.3 Å². The van der Waals surface area contributed by atoms with Crippen LogP contribution in [0.3, 0.4) is 0 Å². The van der Waals surface area contributed by atoms with Crippen molar-refractivity contribution in [2.75, 3.05) is 12.4 Å². The highest BCUT2D eigenvalue weighted by atomic mass is 16.5. The molecule has 6 nitrogen and oxygen atoms in total. The number of aryl methyl sites for hydroxylation is 4. The molecule has 0 saturated carbocycles. The molecular formula is C22H23N3O3. The van der Waals surface area contributed by atoms with Crippen LogP contribution in [0.1, 0.15) is 32.7 Å². The second-order valence-corrected chi connectivity index (χ2v) is 6.87. The van der Waals surface area contributed by atoms with Crippen LogP contribution < -0.4 is 15.6 Å². The number of nitrogens with zero attached hydrogens (tertiary/aromatic N) is 2. The van der Waals surface area contributed by atoms with Gasteiger partial charge in [0.1, 0.15) is 0 Å². The molecule has 1 N–H and O–H groups in total. The van der Waals surface area contributed by atoms with Crippen LogP contribution in [0.4, 0.5) is 5.69 Å². The Balaban J connectivity index is 2.05. The number of nitrogens with one attached hydrogen (secondary N) is 1. The van der Waals surface area contributed by atoms with Crippen molar-refractivity contribution in [1.82, 2.24) is 9.78 Å². The van der Waals surface area contributed by atoms with Gasteiger partial charge in [0.25, 0.3) is 11.5 Å². The summed E-state index contributed by atoms with van der Waals surface area (Å²) in [5.74, 6) is -0.305. The first-order chi connectivity index (χ1) is 13.3. The van der Waals surface area contributed by atoms with E-state index in [1.807, 2.05) is 52.0 Å². The Bertz CT molecular complexity index is 1080. The van der Waals surface area contributed by atoms with Crippen molar-refractivity contribution in [2.24, 2.45) is 0 Å². The summed E-state index contributed by atoms with van der Waals surface area (Å²) in [6.07, 6.45) is 0. The lowest BCUT2D eigenvalue weighted by molar-refractivity contribution is 0.101. The van der Waals surface area contributed by atoms with E-state index in [-0.39, 0.29) is 17.0 Å². The number of anilines is 1. The first-order valence-electron chi connectivity index (χ1n) is 8.94. The lowest BCUT2D eigenvalue weighted by Crippen LogP contribution is -2.26. The Morgan fingerprint density at radius 3 is 2.14 bits per heavy atom. The molecule has 2 aromatic carbocycles. The van der Waals surface area contributed by atoms with Gasteiger partial charge in [-0.15, -0.1) is 0 Å². The number of hydrogen-bond acceptors (Lipinski definition) is 4. The molecule has 144 valence electrons. The maximum Gasteiger partial charge on any atom is 0.280 e. The first-order valence-corrected chi connectivity index (χ1v) is 8.94. The van der Waals surface area contributed by atoms with Gasteiger partial charge in [0.05, 0.1) is 18.9 Å². The third kappa shape index (κ3) is 3.81. The predicted octanol–water partition coefficient (Wildman–Crippen LogP) is 3.73. The van der Waals surface area contributed by atoms with Gasteiger partial charge in [0.2, 0.25) is 0 Å². The summed E-state index contributed by atoms with van der Waals surface area (Å²) in [6.45, 7) is 7.84. The van der Waals surface area contributed by atoms with E-state index >= 15 is 0 Å². The molecule has 1 amide bonds. The minimum absolute atomic E-state index is 0.0436. The molecule has 0 bridgehead atoms. The molecule has 0 aliphatic rings. The van der Waals surface area contributed by atoms with E-state index in [2.05, 4.69) is 10.4 Å². The molecule has 0 saturated heterocycles. The number of rotatable bonds is 4. The van der Waals surface area contributed by atoms with Crippen molar-refractivity contribution in [3.05, 3.63) is 80.8 Å². The summed E-state index contributed by atoms with van der Waals surface area (Å²) < 4.78 is 6.44. The summed E-state index contributed by atoms with van der Waals surface area (Å²) in [6, 6.07) is 12.6. The number of carbonyl (C=O) groups excluding carboxylic acids is 1. The van der Waals surface area contributed by atoms with Gasteiger partial charge in [-0.05, 0) is 51.0 Å². The predicted molar refractivity (Wildman–Crippen MR) is 110 cm³/mol. The SMILES string of the molecule is COc1cc(=O)n(-c2ccc(C)cc2)nc1C(=O)Nc1c(C)cc(C)cc1C. The quantitative estimate of drug-likeness (QED) is 0.752. The van der Waals surface area contributed by atoms with Crippen LogP contribution in [0.2, 0.25) is 0 Å². The molecule has 6 heteroatoms. The maximum atomic E-state index is 13.0. The van der Waals surface area contributed by atoms with Crippen molar-refractivity contribution < 1.29 is 9.53 Å². The summed E-state index contributed by atoms with van der Waals surface area (Å²) in [7, 11) is 1.41. The Morgan fingerprint density at radius 2 is 1.57 bits per heavy atom. The Morgan fingerprint density at radius 1 is 0.964 bits per heavy atom. The van der Waals surface area contributed by atoms with Crippen molar-refractivity contribution in [1.29, 1.82) is 0 Å². The van der Waals surface area contributed by atoms with Gasteiger partial charge >= 0.3 is 0 Å². The standard InChI is InChI=1S/C22H23N3O3/c1-13-6-8-17(9-7-13)25-19(26)12-18(28-5)21(24-25)22(27)23-20-15(3)10-14(2)11-16(20)4/h6-12H,1-5H3,(H,23,27). The third-order valence-corrected chi connectivity index (χ3v) is 4.53. The molecule has 0 spiro atoms. The molecule has 1 aromatic heterocycles. The third-order valence-electron chi connectivity index (χ3n) is 4.53. The molecule has 3 rings (SSSR count). The lowest BCUT2D eigenvalue weighted by atomic mass is 10.0. The number of aromatic nitrogens is 2. The largest absolute Gasteiger partial charge is 0.494 e. The van der Waals surface area contributed by atoms with Gasteiger partial charge in [-0.3, -0.25) is 9.59 Å².